The molecule has 106 valence electrons. The standard InChI is InChI=1S/C15H21ClO3/c1-18-14-8-13(16)7-12(9-17)15(14)19-10-11-5-3-2-4-6-11/h7-8,11,17H,2-6,9-10H2,1H3. The zero-order chi connectivity index (χ0) is 13.7. The van der Waals surface area contributed by atoms with Crippen LogP contribution < -0.4 is 9.47 Å². The van der Waals surface area contributed by atoms with Crippen molar-refractivity contribution in [3.63, 3.8) is 0 Å². The van der Waals surface area contributed by atoms with Gasteiger partial charge in [-0.3, -0.25) is 0 Å². The minimum atomic E-state index is -0.100. The third-order valence-electron chi connectivity index (χ3n) is 3.67. The van der Waals surface area contributed by atoms with Crippen molar-refractivity contribution < 1.29 is 14.6 Å². The van der Waals surface area contributed by atoms with Gasteiger partial charge in [0.25, 0.3) is 0 Å². The smallest absolute Gasteiger partial charge is 0.166 e. The first kappa shape index (κ1) is 14.5. The maximum Gasteiger partial charge on any atom is 0.166 e. The molecule has 0 bridgehead atoms. The summed E-state index contributed by atoms with van der Waals surface area (Å²) in [6, 6.07) is 3.44. The van der Waals surface area contributed by atoms with Crippen molar-refractivity contribution in [2.75, 3.05) is 13.7 Å². The number of benzene rings is 1. The van der Waals surface area contributed by atoms with Crippen LogP contribution >= 0.6 is 11.6 Å². The zero-order valence-electron chi connectivity index (χ0n) is 11.3. The number of hydrogen-bond acceptors (Lipinski definition) is 3. The number of ether oxygens (including phenoxy) is 2. The molecule has 1 aromatic rings. The van der Waals surface area contributed by atoms with Crippen LogP contribution in [0.5, 0.6) is 11.5 Å². The van der Waals surface area contributed by atoms with Gasteiger partial charge in [-0.2, -0.15) is 0 Å². The van der Waals surface area contributed by atoms with Gasteiger partial charge < -0.3 is 14.6 Å². The molecule has 1 fully saturated rings. The molecule has 3 nitrogen and oxygen atoms in total. The monoisotopic (exact) mass is 284 g/mol. The van der Waals surface area contributed by atoms with Gasteiger partial charge in [0.2, 0.25) is 0 Å². The molecule has 2 rings (SSSR count). The first-order valence-corrected chi connectivity index (χ1v) is 7.22. The fourth-order valence-corrected chi connectivity index (χ4v) is 2.84. The van der Waals surface area contributed by atoms with Gasteiger partial charge in [0, 0.05) is 16.7 Å². The van der Waals surface area contributed by atoms with Crippen LogP contribution in [0.2, 0.25) is 5.02 Å². The molecule has 0 aromatic heterocycles. The van der Waals surface area contributed by atoms with Crippen LogP contribution in [0.15, 0.2) is 12.1 Å². The van der Waals surface area contributed by atoms with Crippen molar-refractivity contribution in [3.8, 4) is 11.5 Å². The van der Waals surface area contributed by atoms with Gasteiger partial charge >= 0.3 is 0 Å². The Balaban J connectivity index is 2.09. The van der Waals surface area contributed by atoms with Gasteiger partial charge in [0.1, 0.15) is 0 Å². The Hall–Kier alpha value is -0.930. The molecule has 4 heteroatoms. The maximum atomic E-state index is 9.41. The lowest BCUT2D eigenvalue weighted by Crippen LogP contribution is -2.16. The molecule has 0 amide bonds. The lowest BCUT2D eigenvalue weighted by Gasteiger charge is -2.23. The van der Waals surface area contributed by atoms with E-state index < -0.39 is 0 Å². The average molecular weight is 285 g/mol. The van der Waals surface area contributed by atoms with Crippen molar-refractivity contribution in [2.24, 2.45) is 5.92 Å². The Kier molecular flexibility index (Phi) is 5.34. The van der Waals surface area contributed by atoms with Crippen LogP contribution in [0.3, 0.4) is 0 Å². The van der Waals surface area contributed by atoms with Crippen LogP contribution in [0.4, 0.5) is 0 Å². The van der Waals surface area contributed by atoms with Crippen molar-refractivity contribution in [1.82, 2.24) is 0 Å². The molecule has 0 radical (unpaired) electrons. The highest BCUT2D eigenvalue weighted by atomic mass is 35.5. The highest BCUT2D eigenvalue weighted by Gasteiger charge is 2.17. The van der Waals surface area contributed by atoms with Crippen LogP contribution in [-0.2, 0) is 6.61 Å². The summed E-state index contributed by atoms with van der Waals surface area (Å²) < 4.78 is 11.2. The van der Waals surface area contributed by atoms with E-state index in [0.29, 0.717) is 34.6 Å². The SMILES string of the molecule is COc1cc(Cl)cc(CO)c1OCC1CCCCC1. The summed E-state index contributed by atoms with van der Waals surface area (Å²) in [5.74, 6) is 1.83. The van der Waals surface area contributed by atoms with E-state index in [1.54, 1.807) is 19.2 Å². The fraction of sp³-hybridized carbons (Fsp3) is 0.600. The van der Waals surface area contributed by atoms with E-state index in [2.05, 4.69) is 0 Å². The van der Waals surface area contributed by atoms with E-state index in [-0.39, 0.29) is 6.61 Å². The molecule has 0 unspecified atom stereocenters. The van der Waals surface area contributed by atoms with E-state index in [9.17, 15) is 5.11 Å². The second kappa shape index (κ2) is 7.01. The van der Waals surface area contributed by atoms with Crippen LogP contribution in [0.1, 0.15) is 37.7 Å². The molecule has 1 N–H and O–H groups in total. The summed E-state index contributed by atoms with van der Waals surface area (Å²) >= 11 is 5.98. The van der Waals surface area contributed by atoms with E-state index >= 15 is 0 Å². The summed E-state index contributed by atoms with van der Waals surface area (Å²) in [4.78, 5) is 0. The van der Waals surface area contributed by atoms with Crippen molar-refractivity contribution in [3.05, 3.63) is 22.7 Å². The minimum Gasteiger partial charge on any atom is -0.493 e. The lowest BCUT2D eigenvalue weighted by molar-refractivity contribution is 0.195. The molecule has 0 atom stereocenters. The molecule has 0 aliphatic heterocycles. The molecule has 1 aliphatic carbocycles. The first-order valence-electron chi connectivity index (χ1n) is 6.84. The molecule has 19 heavy (non-hydrogen) atoms. The first-order chi connectivity index (χ1) is 9.24. The molecular formula is C15H21ClO3. The second-order valence-electron chi connectivity index (χ2n) is 5.07. The van der Waals surface area contributed by atoms with Crippen LogP contribution in [0, 0.1) is 5.92 Å². The molecular weight excluding hydrogens is 264 g/mol. The largest absolute Gasteiger partial charge is 0.493 e. The van der Waals surface area contributed by atoms with Gasteiger partial charge in [-0.05, 0) is 24.8 Å². The van der Waals surface area contributed by atoms with E-state index in [4.69, 9.17) is 21.1 Å². The third-order valence-corrected chi connectivity index (χ3v) is 3.89. The van der Waals surface area contributed by atoms with Gasteiger partial charge in [-0.15, -0.1) is 0 Å². The van der Waals surface area contributed by atoms with E-state index in [1.165, 1.54) is 32.1 Å². The van der Waals surface area contributed by atoms with Crippen LogP contribution in [-0.4, -0.2) is 18.8 Å². The normalized spacial score (nSPS) is 16.4. The second-order valence-corrected chi connectivity index (χ2v) is 5.51. The van der Waals surface area contributed by atoms with Gasteiger partial charge in [0.05, 0.1) is 20.3 Å². The van der Waals surface area contributed by atoms with Crippen molar-refractivity contribution in [1.29, 1.82) is 0 Å². The van der Waals surface area contributed by atoms with Gasteiger partial charge in [-0.25, -0.2) is 0 Å². The molecule has 0 spiro atoms. The molecule has 1 aliphatic rings. The number of hydrogen-bond donors (Lipinski definition) is 1. The summed E-state index contributed by atoms with van der Waals surface area (Å²) in [5.41, 5.74) is 0.681. The number of aliphatic hydroxyl groups excluding tert-OH is 1. The highest BCUT2D eigenvalue weighted by molar-refractivity contribution is 6.30. The van der Waals surface area contributed by atoms with Crippen molar-refractivity contribution in [2.45, 2.75) is 38.7 Å². The Morgan fingerprint density at radius 2 is 2.00 bits per heavy atom. The predicted molar refractivity (Wildman–Crippen MR) is 76.0 cm³/mol. The molecule has 1 saturated carbocycles. The fourth-order valence-electron chi connectivity index (χ4n) is 2.61. The van der Waals surface area contributed by atoms with E-state index in [0.717, 1.165) is 0 Å². The topological polar surface area (TPSA) is 38.7 Å². The summed E-state index contributed by atoms with van der Waals surface area (Å²) in [5, 5.41) is 9.95. The summed E-state index contributed by atoms with van der Waals surface area (Å²) in [6.07, 6.45) is 6.37. The van der Waals surface area contributed by atoms with Gasteiger partial charge in [-0.1, -0.05) is 30.9 Å². The molecule has 1 aromatic carbocycles. The summed E-state index contributed by atoms with van der Waals surface area (Å²) in [7, 11) is 1.58. The predicted octanol–water partition coefficient (Wildman–Crippen LogP) is 3.80. The Labute approximate surface area is 119 Å². The number of aliphatic hydroxyl groups is 1. The molecule has 0 heterocycles. The number of halogens is 1. The quantitative estimate of drug-likeness (QED) is 0.894. The molecule has 0 saturated heterocycles. The minimum absolute atomic E-state index is 0.100. The lowest BCUT2D eigenvalue weighted by atomic mass is 9.90. The Morgan fingerprint density at radius 3 is 2.63 bits per heavy atom. The Bertz CT molecular complexity index is 389. The summed E-state index contributed by atoms with van der Waals surface area (Å²) in [6.45, 7) is 0.585. The third kappa shape index (κ3) is 3.77. The number of rotatable bonds is 5. The highest BCUT2D eigenvalue weighted by Crippen LogP contribution is 2.36. The number of methoxy groups -OCH3 is 1. The zero-order valence-corrected chi connectivity index (χ0v) is 12.1. The van der Waals surface area contributed by atoms with E-state index in [1.807, 2.05) is 0 Å². The van der Waals surface area contributed by atoms with Crippen LogP contribution in [0.25, 0.3) is 0 Å². The van der Waals surface area contributed by atoms with Gasteiger partial charge in [0.15, 0.2) is 11.5 Å². The Morgan fingerprint density at radius 1 is 1.26 bits per heavy atom. The van der Waals surface area contributed by atoms with Crippen molar-refractivity contribution >= 4 is 11.6 Å². The average Bonchev–Trinajstić information content (AvgIpc) is 2.46. The maximum absolute atomic E-state index is 9.41.